The van der Waals surface area contributed by atoms with E-state index in [1.54, 1.807) is 7.11 Å². The summed E-state index contributed by atoms with van der Waals surface area (Å²) in [6.07, 6.45) is 1.76. The smallest absolute Gasteiger partial charge is 0.233 e. The van der Waals surface area contributed by atoms with Crippen LogP contribution in [0.2, 0.25) is 0 Å². The quantitative estimate of drug-likeness (QED) is 0.727. The van der Waals surface area contributed by atoms with Crippen molar-refractivity contribution < 1.29 is 9.53 Å². The number of amides is 1. The average Bonchev–Trinajstić information content (AvgIpc) is 2.22. The molecule has 90 valence electrons. The van der Waals surface area contributed by atoms with Crippen molar-refractivity contribution in [2.75, 3.05) is 20.3 Å². The van der Waals surface area contributed by atoms with Crippen LogP contribution in [0.25, 0.3) is 0 Å². The summed E-state index contributed by atoms with van der Waals surface area (Å²) >= 11 is 3.33. The van der Waals surface area contributed by atoms with Crippen LogP contribution in [0.1, 0.15) is 33.6 Å². The van der Waals surface area contributed by atoms with Crippen LogP contribution in [-0.2, 0) is 9.53 Å². The summed E-state index contributed by atoms with van der Waals surface area (Å²) in [6.45, 7) is 7.66. The van der Waals surface area contributed by atoms with E-state index < -0.39 is 0 Å². The third-order valence-corrected chi connectivity index (χ3v) is 3.43. The van der Waals surface area contributed by atoms with Gasteiger partial charge in [-0.1, -0.05) is 36.7 Å². The van der Waals surface area contributed by atoms with Crippen molar-refractivity contribution in [2.45, 2.75) is 38.4 Å². The second-order valence-electron chi connectivity index (χ2n) is 4.50. The normalized spacial score (nSPS) is 13.7. The molecule has 0 aliphatic heterocycles. The van der Waals surface area contributed by atoms with Gasteiger partial charge in [-0.2, -0.15) is 0 Å². The minimum Gasteiger partial charge on any atom is -0.385 e. The second-order valence-corrected chi connectivity index (χ2v) is 5.61. The Labute approximate surface area is 101 Å². The van der Waals surface area contributed by atoms with Gasteiger partial charge in [0.1, 0.15) is 0 Å². The van der Waals surface area contributed by atoms with Crippen molar-refractivity contribution in [3.05, 3.63) is 0 Å². The lowest BCUT2D eigenvalue weighted by molar-refractivity contribution is -0.121. The Balaban J connectivity index is 3.86. The van der Waals surface area contributed by atoms with Gasteiger partial charge in [0.25, 0.3) is 0 Å². The number of rotatable bonds is 7. The van der Waals surface area contributed by atoms with Gasteiger partial charge < -0.3 is 10.1 Å². The molecule has 1 amide bonds. The lowest BCUT2D eigenvalue weighted by atomic mass is 9.89. The molecule has 4 heteroatoms. The number of halogens is 1. The molecule has 1 atom stereocenters. The molecular formula is C11H22BrNO2. The molecule has 3 nitrogen and oxygen atoms in total. The summed E-state index contributed by atoms with van der Waals surface area (Å²) in [5.41, 5.74) is 0.0894. The molecule has 0 saturated heterocycles. The fraction of sp³-hybridized carbons (Fsp3) is 0.909. The Kier molecular flexibility index (Phi) is 7.18. The third-order valence-electron chi connectivity index (χ3n) is 2.37. The maximum atomic E-state index is 11.5. The van der Waals surface area contributed by atoms with Crippen LogP contribution >= 0.6 is 15.9 Å². The molecule has 0 spiro atoms. The predicted molar refractivity (Wildman–Crippen MR) is 66.3 cm³/mol. The van der Waals surface area contributed by atoms with E-state index in [0.717, 1.165) is 19.4 Å². The summed E-state index contributed by atoms with van der Waals surface area (Å²) in [5, 5.41) is 2.94. The summed E-state index contributed by atoms with van der Waals surface area (Å²) in [5.74, 6) is 0.0722. The molecule has 0 saturated carbocycles. The van der Waals surface area contributed by atoms with Gasteiger partial charge in [-0.05, 0) is 18.3 Å². The first-order valence-electron chi connectivity index (χ1n) is 5.33. The molecule has 0 aromatic rings. The van der Waals surface area contributed by atoms with Crippen LogP contribution in [0.3, 0.4) is 0 Å². The number of hydrogen-bond acceptors (Lipinski definition) is 2. The molecule has 1 unspecified atom stereocenters. The molecule has 0 bridgehead atoms. The highest BCUT2D eigenvalue weighted by Gasteiger charge is 2.20. The molecule has 0 aromatic carbocycles. The molecule has 0 aliphatic rings. The lowest BCUT2D eigenvalue weighted by Crippen LogP contribution is -2.38. The number of methoxy groups -OCH3 is 1. The zero-order valence-electron chi connectivity index (χ0n) is 10.1. The van der Waals surface area contributed by atoms with Gasteiger partial charge in [-0.15, -0.1) is 0 Å². The Morgan fingerprint density at radius 2 is 2.13 bits per heavy atom. The number of alkyl halides is 1. The molecule has 0 fully saturated rings. The Bertz CT molecular complexity index is 195. The van der Waals surface area contributed by atoms with Gasteiger partial charge in [-0.25, -0.2) is 0 Å². The van der Waals surface area contributed by atoms with E-state index in [9.17, 15) is 4.79 Å². The Hall–Kier alpha value is -0.0900. The molecular weight excluding hydrogens is 258 g/mol. The van der Waals surface area contributed by atoms with Crippen LogP contribution in [-0.4, -0.2) is 31.0 Å². The van der Waals surface area contributed by atoms with E-state index in [0.29, 0.717) is 6.54 Å². The van der Waals surface area contributed by atoms with Crippen molar-refractivity contribution in [3.63, 3.8) is 0 Å². The molecule has 0 heterocycles. The number of hydrogen-bond donors (Lipinski definition) is 1. The monoisotopic (exact) mass is 279 g/mol. The fourth-order valence-corrected chi connectivity index (χ4v) is 1.25. The van der Waals surface area contributed by atoms with E-state index in [1.807, 2.05) is 6.92 Å². The number of carbonyl (C=O) groups is 1. The van der Waals surface area contributed by atoms with Crippen molar-refractivity contribution >= 4 is 21.8 Å². The average molecular weight is 280 g/mol. The van der Waals surface area contributed by atoms with Gasteiger partial charge in [0.15, 0.2) is 0 Å². The van der Waals surface area contributed by atoms with Crippen LogP contribution in [0, 0.1) is 5.41 Å². The number of carbonyl (C=O) groups excluding carboxylic acids is 1. The lowest BCUT2D eigenvalue weighted by Gasteiger charge is -2.25. The van der Waals surface area contributed by atoms with Gasteiger partial charge in [0.2, 0.25) is 5.91 Å². The van der Waals surface area contributed by atoms with Crippen LogP contribution in [0.15, 0.2) is 0 Å². The fourth-order valence-electron chi connectivity index (χ4n) is 1.09. The predicted octanol–water partition coefficient (Wildman–Crippen LogP) is 2.34. The second kappa shape index (κ2) is 7.23. The maximum Gasteiger partial charge on any atom is 0.233 e. The van der Waals surface area contributed by atoms with Gasteiger partial charge >= 0.3 is 0 Å². The SMILES string of the molecule is CCC(Br)C(=O)NCC(C)(C)CCOC. The topological polar surface area (TPSA) is 38.3 Å². The summed E-state index contributed by atoms with van der Waals surface area (Å²) in [4.78, 5) is 11.4. The highest BCUT2D eigenvalue weighted by Crippen LogP contribution is 2.19. The van der Waals surface area contributed by atoms with Crippen LogP contribution in [0.4, 0.5) is 0 Å². The van der Waals surface area contributed by atoms with E-state index in [1.165, 1.54) is 0 Å². The van der Waals surface area contributed by atoms with E-state index in [-0.39, 0.29) is 16.1 Å². The number of nitrogens with one attached hydrogen (secondary N) is 1. The first-order chi connectivity index (χ1) is 6.93. The van der Waals surface area contributed by atoms with Crippen molar-refractivity contribution in [3.8, 4) is 0 Å². The van der Waals surface area contributed by atoms with Gasteiger partial charge in [-0.3, -0.25) is 4.79 Å². The van der Waals surface area contributed by atoms with E-state index in [4.69, 9.17) is 4.74 Å². The molecule has 0 aromatic heterocycles. The first kappa shape index (κ1) is 14.9. The van der Waals surface area contributed by atoms with Gasteiger partial charge in [0, 0.05) is 20.3 Å². The van der Waals surface area contributed by atoms with Crippen molar-refractivity contribution in [1.82, 2.24) is 5.32 Å². The van der Waals surface area contributed by atoms with E-state index in [2.05, 4.69) is 35.1 Å². The van der Waals surface area contributed by atoms with Crippen molar-refractivity contribution in [2.24, 2.45) is 5.41 Å². The minimum absolute atomic E-state index is 0.0722. The summed E-state index contributed by atoms with van der Waals surface area (Å²) in [7, 11) is 1.69. The zero-order chi connectivity index (χ0) is 11.9. The summed E-state index contributed by atoms with van der Waals surface area (Å²) < 4.78 is 5.03. The third kappa shape index (κ3) is 6.90. The molecule has 0 rings (SSSR count). The molecule has 15 heavy (non-hydrogen) atoms. The van der Waals surface area contributed by atoms with Crippen LogP contribution in [0.5, 0.6) is 0 Å². The molecule has 0 radical (unpaired) electrons. The molecule has 1 N–H and O–H groups in total. The highest BCUT2D eigenvalue weighted by molar-refractivity contribution is 9.10. The van der Waals surface area contributed by atoms with Crippen molar-refractivity contribution in [1.29, 1.82) is 0 Å². The van der Waals surface area contributed by atoms with E-state index >= 15 is 0 Å². The Morgan fingerprint density at radius 3 is 2.60 bits per heavy atom. The van der Waals surface area contributed by atoms with Gasteiger partial charge in [0.05, 0.1) is 4.83 Å². The minimum atomic E-state index is -0.0734. The zero-order valence-corrected chi connectivity index (χ0v) is 11.7. The summed E-state index contributed by atoms with van der Waals surface area (Å²) in [6, 6.07) is 0. The standard InChI is InChI=1S/C11H22BrNO2/c1-5-9(12)10(14)13-8-11(2,3)6-7-15-4/h9H,5-8H2,1-4H3,(H,13,14). The highest BCUT2D eigenvalue weighted by atomic mass is 79.9. The largest absolute Gasteiger partial charge is 0.385 e. The molecule has 0 aliphatic carbocycles. The van der Waals surface area contributed by atoms with Crippen LogP contribution < -0.4 is 5.32 Å². The maximum absolute atomic E-state index is 11.5. The first-order valence-corrected chi connectivity index (χ1v) is 6.25. The number of ether oxygens (including phenoxy) is 1. The Morgan fingerprint density at radius 1 is 1.53 bits per heavy atom.